The van der Waals surface area contributed by atoms with E-state index in [1.807, 2.05) is 40.0 Å². The van der Waals surface area contributed by atoms with Gasteiger partial charge in [0, 0.05) is 20.1 Å². The summed E-state index contributed by atoms with van der Waals surface area (Å²) in [5.74, 6) is 0.995. The Hall–Kier alpha value is -1.26. The maximum atomic E-state index is 12.7. The minimum absolute atomic E-state index is 0. The maximum Gasteiger partial charge on any atom is 0.230 e. The van der Waals surface area contributed by atoms with Crippen LogP contribution < -0.4 is 10.5 Å². The summed E-state index contributed by atoms with van der Waals surface area (Å²) in [6.07, 6.45) is 1.54. The van der Waals surface area contributed by atoms with Crippen LogP contribution in [0.25, 0.3) is 0 Å². The van der Waals surface area contributed by atoms with Crippen LogP contribution in [0.15, 0.2) is 18.2 Å². The van der Waals surface area contributed by atoms with Gasteiger partial charge < -0.3 is 15.4 Å². The first-order valence-corrected chi connectivity index (χ1v) is 7.53. The van der Waals surface area contributed by atoms with Crippen molar-refractivity contribution in [1.29, 1.82) is 0 Å². The first kappa shape index (κ1) is 20.7. The Labute approximate surface area is 140 Å². The maximum absolute atomic E-state index is 12.7. The fourth-order valence-corrected chi connectivity index (χ4v) is 2.72. The van der Waals surface area contributed by atoms with Crippen LogP contribution in [0.2, 0.25) is 0 Å². The molecule has 1 rings (SSSR count). The molecule has 0 heterocycles. The summed E-state index contributed by atoms with van der Waals surface area (Å²) >= 11 is 0. The number of nitrogens with two attached hydrogens (primary N) is 1. The molecule has 1 aromatic carbocycles. The van der Waals surface area contributed by atoms with Crippen molar-refractivity contribution in [3.8, 4) is 5.75 Å². The average molecular weight is 329 g/mol. The Morgan fingerprint density at radius 3 is 2.32 bits per heavy atom. The standard InChI is InChI=1S/C17H28N2O2.ClH/c1-6-17(7-2,12-18)16(20)19(4)11-14-8-9-15(21-5)13(3)10-14;/h8-10H,6-7,11-12,18H2,1-5H3;1H. The monoisotopic (exact) mass is 328 g/mol. The molecule has 126 valence electrons. The summed E-state index contributed by atoms with van der Waals surface area (Å²) in [6, 6.07) is 6.00. The quantitative estimate of drug-likeness (QED) is 0.836. The molecule has 0 atom stereocenters. The van der Waals surface area contributed by atoms with Crippen LogP contribution >= 0.6 is 12.4 Å². The van der Waals surface area contributed by atoms with E-state index in [4.69, 9.17) is 10.5 Å². The molecule has 0 radical (unpaired) electrons. The molecule has 0 aliphatic carbocycles. The highest BCUT2D eigenvalue weighted by Gasteiger charge is 2.35. The van der Waals surface area contributed by atoms with E-state index in [2.05, 4.69) is 6.07 Å². The number of nitrogens with zero attached hydrogens (tertiary/aromatic N) is 1. The number of carbonyl (C=O) groups is 1. The van der Waals surface area contributed by atoms with E-state index in [1.54, 1.807) is 12.0 Å². The highest BCUT2D eigenvalue weighted by Crippen LogP contribution is 2.28. The van der Waals surface area contributed by atoms with Crippen LogP contribution in [0.1, 0.15) is 37.8 Å². The van der Waals surface area contributed by atoms with Gasteiger partial charge in [-0.05, 0) is 37.0 Å². The lowest BCUT2D eigenvalue weighted by Gasteiger charge is -2.33. The Bertz CT molecular complexity index is 479. The topological polar surface area (TPSA) is 55.6 Å². The molecule has 1 amide bonds. The molecule has 0 saturated carbocycles. The van der Waals surface area contributed by atoms with Gasteiger partial charge in [0.1, 0.15) is 5.75 Å². The lowest BCUT2D eigenvalue weighted by Crippen LogP contribution is -2.45. The largest absolute Gasteiger partial charge is 0.496 e. The van der Waals surface area contributed by atoms with Gasteiger partial charge in [-0.25, -0.2) is 0 Å². The van der Waals surface area contributed by atoms with E-state index in [0.717, 1.165) is 29.7 Å². The van der Waals surface area contributed by atoms with E-state index in [-0.39, 0.29) is 18.3 Å². The van der Waals surface area contributed by atoms with Crippen molar-refractivity contribution in [2.24, 2.45) is 11.1 Å². The van der Waals surface area contributed by atoms with Crippen LogP contribution in [0, 0.1) is 12.3 Å². The summed E-state index contributed by atoms with van der Waals surface area (Å²) in [4.78, 5) is 14.5. The van der Waals surface area contributed by atoms with Gasteiger partial charge in [-0.3, -0.25) is 4.79 Å². The van der Waals surface area contributed by atoms with Crippen LogP contribution in [0.3, 0.4) is 0 Å². The van der Waals surface area contributed by atoms with Gasteiger partial charge in [0.2, 0.25) is 5.91 Å². The molecule has 22 heavy (non-hydrogen) atoms. The van der Waals surface area contributed by atoms with Crippen molar-refractivity contribution in [3.63, 3.8) is 0 Å². The number of benzene rings is 1. The predicted molar refractivity (Wildman–Crippen MR) is 93.5 cm³/mol. The molecule has 1 aromatic rings. The van der Waals surface area contributed by atoms with Crippen molar-refractivity contribution >= 4 is 18.3 Å². The smallest absolute Gasteiger partial charge is 0.230 e. The minimum Gasteiger partial charge on any atom is -0.496 e. The molecule has 0 saturated heterocycles. The Balaban J connectivity index is 0.00000441. The number of ether oxygens (including phenoxy) is 1. The van der Waals surface area contributed by atoms with Crippen molar-refractivity contribution in [2.45, 2.75) is 40.2 Å². The van der Waals surface area contributed by atoms with E-state index in [1.165, 1.54) is 0 Å². The van der Waals surface area contributed by atoms with Gasteiger partial charge in [-0.1, -0.05) is 26.0 Å². The van der Waals surface area contributed by atoms with E-state index < -0.39 is 5.41 Å². The molecular formula is C17H29ClN2O2. The van der Waals surface area contributed by atoms with E-state index >= 15 is 0 Å². The third-order valence-corrected chi connectivity index (χ3v) is 4.42. The summed E-state index contributed by atoms with van der Waals surface area (Å²) < 4.78 is 5.26. The molecular weight excluding hydrogens is 300 g/mol. The number of aryl methyl sites for hydroxylation is 1. The number of carbonyl (C=O) groups excluding carboxylic acids is 1. The molecule has 5 heteroatoms. The van der Waals surface area contributed by atoms with Gasteiger partial charge in [0.15, 0.2) is 0 Å². The number of amides is 1. The molecule has 0 unspecified atom stereocenters. The second kappa shape index (κ2) is 9.01. The second-order valence-electron chi connectivity index (χ2n) is 5.66. The summed E-state index contributed by atoms with van der Waals surface area (Å²) in [7, 11) is 3.51. The Morgan fingerprint density at radius 1 is 1.32 bits per heavy atom. The molecule has 4 nitrogen and oxygen atoms in total. The molecule has 2 N–H and O–H groups in total. The molecule has 0 fully saturated rings. The number of hydrogen-bond acceptors (Lipinski definition) is 3. The molecule has 0 spiro atoms. The normalized spacial score (nSPS) is 10.8. The Kier molecular flexibility index (Phi) is 8.49. The minimum atomic E-state index is -0.434. The van der Waals surface area contributed by atoms with Crippen LogP contribution in [0.4, 0.5) is 0 Å². The molecule has 0 aromatic heterocycles. The van der Waals surface area contributed by atoms with Gasteiger partial charge >= 0.3 is 0 Å². The fourth-order valence-electron chi connectivity index (χ4n) is 2.72. The van der Waals surface area contributed by atoms with Gasteiger partial charge in [0.25, 0.3) is 0 Å². The van der Waals surface area contributed by atoms with Crippen molar-refractivity contribution in [1.82, 2.24) is 4.90 Å². The van der Waals surface area contributed by atoms with Crippen LogP contribution in [-0.4, -0.2) is 31.5 Å². The summed E-state index contributed by atoms with van der Waals surface area (Å²) in [6.45, 7) is 7.04. The zero-order valence-electron chi connectivity index (χ0n) is 14.3. The molecule has 0 aliphatic rings. The molecule has 0 bridgehead atoms. The van der Waals surface area contributed by atoms with Crippen molar-refractivity contribution in [3.05, 3.63) is 29.3 Å². The highest BCUT2D eigenvalue weighted by atomic mass is 35.5. The zero-order valence-corrected chi connectivity index (χ0v) is 15.1. The molecule has 0 aliphatic heterocycles. The van der Waals surface area contributed by atoms with Crippen molar-refractivity contribution < 1.29 is 9.53 Å². The van der Waals surface area contributed by atoms with Gasteiger partial charge in [-0.2, -0.15) is 0 Å². The van der Waals surface area contributed by atoms with Crippen LogP contribution in [0.5, 0.6) is 5.75 Å². The van der Waals surface area contributed by atoms with Crippen LogP contribution in [-0.2, 0) is 11.3 Å². The second-order valence-corrected chi connectivity index (χ2v) is 5.66. The zero-order chi connectivity index (χ0) is 16.0. The van der Waals surface area contributed by atoms with Gasteiger partial charge in [-0.15, -0.1) is 12.4 Å². The number of hydrogen-bond donors (Lipinski definition) is 1. The van der Waals surface area contributed by atoms with Crippen molar-refractivity contribution in [2.75, 3.05) is 20.7 Å². The van der Waals surface area contributed by atoms with E-state index in [9.17, 15) is 4.79 Å². The average Bonchev–Trinajstić information content (AvgIpc) is 2.49. The Morgan fingerprint density at radius 2 is 1.91 bits per heavy atom. The van der Waals surface area contributed by atoms with Gasteiger partial charge in [0.05, 0.1) is 12.5 Å². The third kappa shape index (κ3) is 4.37. The SMILES string of the molecule is CCC(CC)(CN)C(=O)N(C)Cc1ccc(OC)c(C)c1.Cl. The number of rotatable bonds is 7. The third-order valence-electron chi connectivity index (χ3n) is 4.42. The lowest BCUT2D eigenvalue weighted by molar-refractivity contribution is -0.141. The summed E-state index contributed by atoms with van der Waals surface area (Å²) in [5.41, 5.74) is 7.60. The summed E-state index contributed by atoms with van der Waals surface area (Å²) in [5, 5.41) is 0. The first-order chi connectivity index (χ1) is 9.93. The van der Waals surface area contributed by atoms with E-state index in [0.29, 0.717) is 13.1 Å². The first-order valence-electron chi connectivity index (χ1n) is 7.53. The number of halogens is 1. The lowest BCUT2D eigenvalue weighted by atomic mass is 9.81. The number of methoxy groups -OCH3 is 1. The fraction of sp³-hybridized carbons (Fsp3) is 0.588. The highest BCUT2D eigenvalue weighted by molar-refractivity contribution is 5.85. The predicted octanol–water partition coefficient (Wildman–Crippen LogP) is 3.15.